The highest BCUT2D eigenvalue weighted by Gasteiger charge is 2.10. The van der Waals surface area contributed by atoms with Crippen LogP contribution in [0.3, 0.4) is 0 Å². The minimum atomic E-state index is -0.594. The molecule has 1 amide bonds. The number of thiophene rings is 1. The molecule has 0 aliphatic rings. The molecule has 0 saturated heterocycles. The van der Waals surface area contributed by atoms with Crippen molar-refractivity contribution < 1.29 is 4.79 Å². The summed E-state index contributed by atoms with van der Waals surface area (Å²) in [5.74, 6) is 6.38. The third kappa shape index (κ3) is 3.57. The van der Waals surface area contributed by atoms with Gasteiger partial charge in [0.2, 0.25) is 5.91 Å². The number of fused-ring (bicyclic) bond motifs is 1. The molecular formula is C18H15N3OS. The van der Waals surface area contributed by atoms with E-state index in [0.717, 1.165) is 16.3 Å². The van der Waals surface area contributed by atoms with E-state index >= 15 is 0 Å². The van der Waals surface area contributed by atoms with Gasteiger partial charge in [0, 0.05) is 16.3 Å². The quantitative estimate of drug-likeness (QED) is 0.713. The maximum atomic E-state index is 11.8. The Morgan fingerprint density at radius 3 is 2.87 bits per heavy atom. The molecule has 0 aliphatic carbocycles. The largest absolute Gasteiger partial charge is 0.320 e. The van der Waals surface area contributed by atoms with E-state index in [4.69, 9.17) is 5.73 Å². The highest BCUT2D eigenvalue weighted by Crippen LogP contribution is 2.20. The van der Waals surface area contributed by atoms with E-state index in [-0.39, 0.29) is 5.91 Å². The number of hydrogen-bond donors (Lipinski definition) is 2. The normalized spacial score (nSPS) is 11.6. The molecule has 3 rings (SSSR count). The molecule has 1 atom stereocenters. The van der Waals surface area contributed by atoms with Gasteiger partial charge < -0.3 is 11.1 Å². The second kappa shape index (κ2) is 6.61. The Bertz CT molecular complexity index is 905. The van der Waals surface area contributed by atoms with Crippen LogP contribution in [0.15, 0.2) is 47.2 Å². The van der Waals surface area contributed by atoms with Crippen LogP contribution in [-0.2, 0) is 4.79 Å². The molecule has 0 saturated carbocycles. The number of benzene rings is 1. The molecule has 0 spiro atoms. The number of nitrogens with one attached hydrogen (secondary N) is 1. The predicted octanol–water partition coefficient (Wildman–Crippen LogP) is 2.98. The second-order valence-electron chi connectivity index (χ2n) is 5.12. The van der Waals surface area contributed by atoms with Crippen molar-refractivity contribution in [3.63, 3.8) is 0 Å². The number of carbonyl (C=O) groups excluding carboxylic acids is 1. The van der Waals surface area contributed by atoms with Crippen LogP contribution in [0.4, 0.5) is 5.82 Å². The zero-order chi connectivity index (χ0) is 16.2. The van der Waals surface area contributed by atoms with Crippen molar-refractivity contribution in [2.24, 2.45) is 5.73 Å². The van der Waals surface area contributed by atoms with E-state index in [1.807, 2.05) is 47.2 Å². The standard InChI is InChI=1S/C18H15N3OS/c1-12(19)18(22)21-17-10-14-4-2-3-5-15(14)16(20-17)7-6-13-8-9-23-11-13/h2-5,8-12H,19H2,1H3,(H,20,21,22). The summed E-state index contributed by atoms with van der Waals surface area (Å²) in [4.78, 5) is 16.3. The predicted molar refractivity (Wildman–Crippen MR) is 94.3 cm³/mol. The number of nitrogens with zero attached hydrogens (tertiary/aromatic N) is 1. The molecule has 0 radical (unpaired) electrons. The molecule has 1 unspecified atom stereocenters. The number of amides is 1. The first-order valence-corrected chi connectivity index (χ1v) is 8.08. The summed E-state index contributed by atoms with van der Waals surface area (Å²) in [6, 6.07) is 11.0. The Kier molecular flexibility index (Phi) is 4.38. The van der Waals surface area contributed by atoms with Gasteiger partial charge in [0.25, 0.3) is 0 Å². The molecule has 23 heavy (non-hydrogen) atoms. The SMILES string of the molecule is CC(N)C(=O)Nc1cc2ccccc2c(C#Cc2ccsc2)n1. The van der Waals surface area contributed by atoms with Crippen LogP contribution in [0, 0.1) is 11.8 Å². The lowest BCUT2D eigenvalue weighted by atomic mass is 10.1. The van der Waals surface area contributed by atoms with Gasteiger partial charge in [-0.25, -0.2) is 4.98 Å². The highest BCUT2D eigenvalue weighted by atomic mass is 32.1. The summed E-state index contributed by atoms with van der Waals surface area (Å²) in [5.41, 5.74) is 7.17. The maximum absolute atomic E-state index is 11.8. The lowest BCUT2D eigenvalue weighted by Crippen LogP contribution is -2.32. The summed E-state index contributed by atoms with van der Waals surface area (Å²) in [6.45, 7) is 1.63. The van der Waals surface area contributed by atoms with Gasteiger partial charge in [-0.3, -0.25) is 4.79 Å². The van der Waals surface area contributed by atoms with Gasteiger partial charge in [0.05, 0.1) is 6.04 Å². The number of aromatic nitrogens is 1. The monoisotopic (exact) mass is 321 g/mol. The Hall–Kier alpha value is -2.68. The summed E-state index contributed by atoms with van der Waals surface area (Å²) in [7, 11) is 0. The number of hydrogen-bond acceptors (Lipinski definition) is 4. The van der Waals surface area contributed by atoms with Gasteiger partial charge >= 0.3 is 0 Å². The van der Waals surface area contributed by atoms with Gasteiger partial charge in [0.1, 0.15) is 11.5 Å². The fraction of sp³-hybridized carbons (Fsp3) is 0.111. The van der Waals surface area contributed by atoms with Gasteiger partial charge in [-0.2, -0.15) is 11.3 Å². The third-order valence-electron chi connectivity index (χ3n) is 3.25. The zero-order valence-electron chi connectivity index (χ0n) is 12.5. The molecule has 3 aromatic rings. The lowest BCUT2D eigenvalue weighted by Gasteiger charge is -2.09. The van der Waals surface area contributed by atoms with Crippen LogP contribution in [0.2, 0.25) is 0 Å². The van der Waals surface area contributed by atoms with E-state index in [2.05, 4.69) is 22.1 Å². The van der Waals surface area contributed by atoms with E-state index in [1.54, 1.807) is 18.3 Å². The Morgan fingerprint density at radius 1 is 1.30 bits per heavy atom. The van der Waals surface area contributed by atoms with Crippen LogP contribution < -0.4 is 11.1 Å². The van der Waals surface area contributed by atoms with Crippen molar-refractivity contribution in [1.29, 1.82) is 0 Å². The molecule has 5 heteroatoms. The Morgan fingerprint density at radius 2 is 2.13 bits per heavy atom. The van der Waals surface area contributed by atoms with E-state index < -0.39 is 6.04 Å². The van der Waals surface area contributed by atoms with Gasteiger partial charge in [0.15, 0.2) is 0 Å². The van der Waals surface area contributed by atoms with Crippen LogP contribution in [0.5, 0.6) is 0 Å². The Labute approximate surface area is 138 Å². The molecule has 114 valence electrons. The first kappa shape index (κ1) is 15.2. The molecule has 3 N–H and O–H groups in total. The first-order chi connectivity index (χ1) is 11.1. The number of nitrogens with two attached hydrogens (primary N) is 1. The molecule has 2 aromatic heterocycles. The van der Waals surface area contributed by atoms with Crippen LogP contribution >= 0.6 is 11.3 Å². The van der Waals surface area contributed by atoms with E-state index in [9.17, 15) is 4.79 Å². The van der Waals surface area contributed by atoms with Crippen molar-refractivity contribution in [2.45, 2.75) is 13.0 Å². The van der Waals surface area contributed by atoms with Gasteiger partial charge in [-0.1, -0.05) is 30.2 Å². The maximum Gasteiger partial charge on any atom is 0.242 e. The zero-order valence-corrected chi connectivity index (χ0v) is 13.4. The molecule has 2 heterocycles. The summed E-state index contributed by atoms with van der Waals surface area (Å²) in [6.07, 6.45) is 0. The third-order valence-corrected chi connectivity index (χ3v) is 3.93. The second-order valence-corrected chi connectivity index (χ2v) is 5.90. The average Bonchev–Trinajstić information content (AvgIpc) is 3.06. The highest BCUT2D eigenvalue weighted by molar-refractivity contribution is 7.08. The van der Waals surface area contributed by atoms with E-state index in [1.165, 1.54) is 0 Å². The van der Waals surface area contributed by atoms with E-state index in [0.29, 0.717) is 11.5 Å². The summed E-state index contributed by atoms with van der Waals surface area (Å²) < 4.78 is 0. The van der Waals surface area contributed by atoms with Crippen LogP contribution in [0.25, 0.3) is 10.8 Å². The van der Waals surface area contributed by atoms with Crippen LogP contribution in [-0.4, -0.2) is 16.9 Å². The number of carbonyl (C=O) groups is 1. The molecule has 0 fully saturated rings. The van der Waals surface area contributed by atoms with Crippen molar-refractivity contribution in [3.05, 3.63) is 58.4 Å². The molecule has 0 aliphatic heterocycles. The van der Waals surface area contributed by atoms with Gasteiger partial charge in [-0.05, 0) is 35.7 Å². The number of pyridine rings is 1. The fourth-order valence-electron chi connectivity index (χ4n) is 2.07. The molecule has 0 bridgehead atoms. The van der Waals surface area contributed by atoms with Gasteiger partial charge in [-0.15, -0.1) is 0 Å². The van der Waals surface area contributed by atoms with Crippen molar-refractivity contribution in [2.75, 3.05) is 5.32 Å². The smallest absolute Gasteiger partial charge is 0.242 e. The summed E-state index contributed by atoms with van der Waals surface area (Å²) in [5, 5.41) is 8.61. The topological polar surface area (TPSA) is 68.0 Å². The number of rotatable bonds is 2. The Balaban J connectivity index is 2.05. The van der Waals surface area contributed by atoms with Crippen molar-refractivity contribution >= 4 is 33.8 Å². The van der Waals surface area contributed by atoms with Crippen LogP contribution in [0.1, 0.15) is 18.2 Å². The minimum absolute atomic E-state index is 0.274. The number of anilines is 1. The first-order valence-electron chi connectivity index (χ1n) is 7.14. The molecule has 1 aromatic carbocycles. The molecule has 4 nitrogen and oxygen atoms in total. The fourth-order valence-corrected chi connectivity index (χ4v) is 2.65. The summed E-state index contributed by atoms with van der Waals surface area (Å²) >= 11 is 1.60. The lowest BCUT2D eigenvalue weighted by molar-refractivity contribution is -0.117. The van der Waals surface area contributed by atoms with Crippen molar-refractivity contribution in [3.8, 4) is 11.8 Å². The van der Waals surface area contributed by atoms with Crippen molar-refractivity contribution in [1.82, 2.24) is 4.98 Å². The average molecular weight is 321 g/mol. The molecular weight excluding hydrogens is 306 g/mol. The minimum Gasteiger partial charge on any atom is -0.320 e.